The first-order valence-electron chi connectivity index (χ1n) is 15.2. The van der Waals surface area contributed by atoms with Crippen LogP contribution in [0.3, 0.4) is 0 Å². The van der Waals surface area contributed by atoms with Crippen LogP contribution < -0.4 is 18.4 Å². The number of amides is 2. The summed E-state index contributed by atoms with van der Waals surface area (Å²) in [7, 11) is 3.07. The molecule has 0 heterocycles. The summed E-state index contributed by atoms with van der Waals surface area (Å²) in [6, 6.07) is 17.7. The standard InChI is InChI=1S/2C16H14F2NO2.C5H5.Ti/c2*1-21-9-8-11-4-2-3-5-13(11)16(20)19-15-7-6-12(17)10-14(15)18;1-2-4-5-3-1;/h2*2-7H,8-9H2,1H3,(H,19,20);1-3H,4H2;. The number of carbonyl (C=O) groups is 2. The molecule has 0 aromatic heterocycles. The van der Waals surface area contributed by atoms with Gasteiger partial charge in [0.2, 0.25) is 0 Å². The first-order valence-corrected chi connectivity index (χ1v) is 17.6. The molecule has 4 aromatic carbocycles. The van der Waals surface area contributed by atoms with Crippen molar-refractivity contribution in [1.29, 1.82) is 0 Å². The Kier molecular flexibility index (Phi) is 11.8. The normalized spacial score (nSPS) is 12.2. The summed E-state index contributed by atoms with van der Waals surface area (Å²) in [5.41, 5.74) is 1.24. The van der Waals surface area contributed by atoms with Gasteiger partial charge in [-0.1, -0.05) is 0 Å². The van der Waals surface area contributed by atoms with Gasteiger partial charge < -0.3 is 0 Å². The van der Waals surface area contributed by atoms with Crippen molar-refractivity contribution in [2.45, 2.75) is 19.3 Å². The van der Waals surface area contributed by atoms with Crippen molar-refractivity contribution in [3.8, 4) is 0 Å². The molecular weight excluding hydrogens is 660 g/mol. The minimum atomic E-state index is -3.94. The summed E-state index contributed by atoms with van der Waals surface area (Å²) < 4.78 is 74.1. The summed E-state index contributed by atoms with van der Waals surface area (Å²) in [4.78, 5) is 26.6. The maximum absolute atomic E-state index is 16.4. The van der Waals surface area contributed by atoms with Crippen molar-refractivity contribution in [3.05, 3.63) is 140 Å². The minimum absolute atomic E-state index is 0.236. The van der Waals surface area contributed by atoms with Gasteiger partial charge in [0.1, 0.15) is 0 Å². The zero-order valence-corrected chi connectivity index (χ0v) is 27.9. The van der Waals surface area contributed by atoms with E-state index in [1.54, 1.807) is 66.8 Å². The molecule has 0 unspecified atom stereocenters. The van der Waals surface area contributed by atoms with Gasteiger partial charge in [-0.05, 0) is 0 Å². The molecule has 0 radical (unpaired) electrons. The van der Waals surface area contributed by atoms with E-state index in [0.717, 1.165) is 24.3 Å². The summed E-state index contributed by atoms with van der Waals surface area (Å²) in [6.45, 7) is 0.710. The Morgan fingerprint density at radius 1 is 0.688 bits per heavy atom. The van der Waals surface area contributed by atoms with E-state index in [1.165, 1.54) is 14.2 Å². The Morgan fingerprint density at radius 3 is 1.56 bits per heavy atom. The van der Waals surface area contributed by atoms with Crippen LogP contribution in [-0.4, -0.2) is 39.2 Å². The van der Waals surface area contributed by atoms with Crippen molar-refractivity contribution in [2.24, 2.45) is 0 Å². The summed E-state index contributed by atoms with van der Waals surface area (Å²) in [5, 5.41) is 5.06. The van der Waals surface area contributed by atoms with Crippen LogP contribution in [-0.2, 0) is 40.2 Å². The van der Waals surface area contributed by atoms with Gasteiger partial charge in [0.15, 0.2) is 0 Å². The van der Waals surface area contributed by atoms with Crippen LogP contribution in [0.5, 0.6) is 0 Å². The van der Waals surface area contributed by atoms with Crippen LogP contribution in [0.1, 0.15) is 38.3 Å². The molecule has 2 amide bonds. The molecule has 0 spiro atoms. The number of benzene rings is 4. The van der Waals surface area contributed by atoms with Crippen molar-refractivity contribution in [1.82, 2.24) is 0 Å². The van der Waals surface area contributed by atoms with Crippen LogP contribution in [0.4, 0.5) is 28.9 Å². The van der Waals surface area contributed by atoms with Crippen LogP contribution in [0, 0.1) is 23.3 Å². The molecule has 0 bridgehead atoms. The fourth-order valence-electron chi connectivity index (χ4n) is 5.56. The number of allylic oxidation sites excluding steroid dienone is 4. The average Bonchev–Trinajstić information content (AvgIpc) is 3.63. The van der Waals surface area contributed by atoms with Gasteiger partial charge in [0.25, 0.3) is 0 Å². The van der Waals surface area contributed by atoms with Crippen molar-refractivity contribution < 1.29 is 54.5 Å². The molecule has 0 fully saturated rings. The molecule has 1 aliphatic carbocycles. The maximum atomic E-state index is 16.4. The molecule has 48 heavy (non-hydrogen) atoms. The van der Waals surface area contributed by atoms with E-state index in [1.807, 2.05) is 0 Å². The zero-order valence-electron chi connectivity index (χ0n) is 26.3. The van der Waals surface area contributed by atoms with E-state index in [9.17, 15) is 9.59 Å². The molecule has 11 heteroatoms. The third-order valence-electron chi connectivity index (χ3n) is 7.95. The Balaban J connectivity index is 1.54. The second-order valence-corrected chi connectivity index (χ2v) is 14.7. The van der Waals surface area contributed by atoms with Crippen molar-refractivity contribution in [2.75, 3.05) is 38.1 Å². The van der Waals surface area contributed by atoms with Crippen LogP contribution in [0.25, 0.3) is 0 Å². The average molecular weight is 694 g/mol. The summed E-state index contributed by atoms with van der Waals surface area (Å²) in [6.07, 6.45) is 6.11. The topological polar surface area (TPSA) is 76.7 Å². The second-order valence-electron chi connectivity index (χ2n) is 11.0. The second kappa shape index (κ2) is 16.2. The number of rotatable bonds is 13. The molecule has 0 saturated heterocycles. The quantitative estimate of drug-likeness (QED) is 0.123. The molecule has 6 nitrogen and oxygen atoms in total. The molecule has 2 N–H and O–H groups in total. The first-order chi connectivity index (χ1) is 23.2. The SMILES string of the molecule is COCCc1ccccc1C(=O)Nc1ccc(F)[c]([Ti]([C]2=CC=CC2)[c]2c(F)ccc(NC(=O)c3ccccc3CCOC)c2F)c1F. The van der Waals surface area contributed by atoms with E-state index >= 15 is 17.6 Å². The van der Waals surface area contributed by atoms with Crippen molar-refractivity contribution >= 4 is 30.9 Å². The fraction of sp³-hybridized carbons (Fsp3) is 0.189. The third-order valence-corrected chi connectivity index (χ3v) is 12.5. The number of ether oxygens (including phenoxy) is 2. The third kappa shape index (κ3) is 7.68. The number of nitrogens with one attached hydrogen (secondary N) is 2. The molecule has 5 rings (SSSR count). The molecule has 0 atom stereocenters. The Labute approximate surface area is 282 Å². The van der Waals surface area contributed by atoms with E-state index in [0.29, 0.717) is 41.1 Å². The molecule has 247 valence electrons. The van der Waals surface area contributed by atoms with E-state index < -0.39 is 60.7 Å². The number of hydrogen-bond donors (Lipinski definition) is 2. The molecule has 1 aliphatic rings. The van der Waals surface area contributed by atoms with Gasteiger partial charge in [-0.3, -0.25) is 0 Å². The fourth-order valence-corrected chi connectivity index (χ4v) is 9.98. The Bertz CT molecular complexity index is 1770. The van der Waals surface area contributed by atoms with Gasteiger partial charge >= 0.3 is 283 Å². The van der Waals surface area contributed by atoms with Gasteiger partial charge in [-0.15, -0.1) is 0 Å². The number of carbonyl (C=O) groups excluding carboxylic acids is 2. The Morgan fingerprint density at radius 2 is 1.15 bits per heavy atom. The van der Waals surface area contributed by atoms with Crippen molar-refractivity contribution in [3.63, 3.8) is 0 Å². The predicted molar refractivity (Wildman–Crippen MR) is 174 cm³/mol. The number of anilines is 2. The van der Waals surface area contributed by atoms with Gasteiger partial charge in [0, 0.05) is 0 Å². The van der Waals surface area contributed by atoms with E-state index in [4.69, 9.17) is 9.47 Å². The summed E-state index contributed by atoms with van der Waals surface area (Å²) >= 11 is -3.94. The molecular formula is C37H33F4N2O4Ti. The molecule has 4 aromatic rings. The zero-order chi connectivity index (χ0) is 34.2. The van der Waals surface area contributed by atoms with Crippen LogP contribution in [0.2, 0.25) is 0 Å². The monoisotopic (exact) mass is 693 g/mol. The number of halogens is 4. The Hall–Kier alpha value is -4.35. The van der Waals surface area contributed by atoms with E-state index in [-0.39, 0.29) is 28.9 Å². The van der Waals surface area contributed by atoms with Crippen LogP contribution >= 0.6 is 0 Å². The number of methoxy groups -OCH3 is 2. The summed E-state index contributed by atoms with van der Waals surface area (Å²) in [5.74, 6) is -5.46. The van der Waals surface area contributed by atoms with Crippen LogP contribution in [0.15, 0.2) is 94.9 Å². The number of hydrogen-bond acceptors (Lipinski definition) is 4. The molecule has 0 saturated carbocycles. The molecule has 0 aliphatic heterocycles. The van der Waals surface area contributed by atoms with Gasteiger partial charge in [-0.2, -0.15) is 0 Å². The van der Waals surface area contributed by atoms with Gasteiger partial charge in [-0.25, -0.2) is 0 Å². The van der Waals surface area contributed by atoms with E-state index in [2.05, 4.69) is 10.6 Å². The first kappa shape index (κ1) is 35.0. The predicted octanol–water partition coefficient (Wildman–Crippen LogP) is 6.54. The van der Waals surface area contributed by atoms with Gasteiger partial charge in [0.05, 0.1) is 0 Å².